The van der Waals surface area contributed by atoms with Gasteiger partial charge in [-0.05, 0) is 30.3 Å². The number of aromatic nitrogens is 4. The number of hydrogen-bond donors (Lipinski definition) is 2. The van der Waals surface area contributed by atoms with Crippen molar-refractivity contribution in [1.29, 1.82) is 0 Å². The SMILES string of the molecule is S=c1[nH]c(=S)c2cnc(N3CCc4ccccc43)nc2[nH]1. The Morgan fingerprint density at radius 1 is 1.14 bits per heavy atom. The van der Waals surface area contributed by atoms with Gasteiger partial charge in [-0.3, -0.25) is 0 Å². The van der Waals surface area contributed by atoms with Gasteiger partial charge in [-0.15, -0.1) is 0 Å². The summed E-state index contributed by atoms with van der Waals surface area (Å²) in [5.41, 5.74) is 3.15. The molecule has 7 heteroatoms. The van der Waals surface area contributed by atoms with Crippen LogP contribution in [0.15, 0.2) is 30.5 Å². The second kappa shape index (κ2) is 4.71. The van der Waals surface area contributed by atoms with E-state index in [0.29, 0.717) is 21.0 Å². The molecular weight excluding hydrogens is 302 g/mol. The van der Waals surface area contributed by atoms with Crippen LogP contribution in [0.4, 0.5) is 11.6 Å². The van der Waals surface area contributed by atoms with E-state index in [1.165, 1.54) is 5.56 Å². The average Bonchev–Trinajstić information content (AvgIpc) is 2.90. The summed E-state index contributed by atoms with van der Waals surface area (Å²) >= 11 is 10.4. The maximum atomic E-state index is 5.25. The molecule has 104 valence electrons. The first-order valence-corrected chi connectivity index (χ1v) is 7.39. The zero-order valence-electron chi connectivity index (χ0n) is 11.0. The lowest BCUT2D eigenvalue weighted by Crippen LogP contribution is -2.16. The molecule has 1 aromatic carbocycles. The summed E-state index contributed by atoms with van der Waals surface area (Å²) in [6, 6.07) is 8.32. The van der Waals surface area contributed by atoms with Gasteiger partial charge < -0.3 is 14.9 Å². The van der Waals surface area contributed by atoms with Crippen LogP contribution in [0, 0.1) is 9.41 Å². The number of para-hydroxylation sites is 1. The van der Waals surface area contributed by atoms with Gasteiger partial charge in [0.15, 0.2) is 4.77 Å². The lowest BCUT2D eigenvalue weighted by atomic mass is 10.2. The topological polar surface area (TPSA) is 60.6 Å². The van der Waals surface area contributed by atoms with E-state index in [-0.39, 0.29) is 0 Å². The molecule has 21 heavy (non-hydrogen) atoms. The van der Waals surface area contributed by atoms with Crippen molar-refractivity contribution in [2.75, 3.05) is 11.4 Å². The van der Waals surface area contributed by atoms with Gasteiger partial charge in [0.05, 0.1) is 5.39 Å². The van der Waals surface area contributed by atoms with Crippen molar-refractivity contribution >= 4 is 47.1 Å². The van der Waals surface area contributed by atoms with E-state index in [1.54, 1.807) is 6.20 Å². The van der Waals surface area contributed by atoms with E-state index in [1.807, 2.05) is 6.07 Å². The van der Waals surface area contributed by atoms with Gasteiger partial charge >= 0.3 is 0 Å². The van der Waals surface area contributed by atoms with Crippen LogP contribution in [0.1, 0.15) is 5.56 Å². The van der Waals surface area contributed by atoms with Crippen LogP contribution in [0.5, 0.6) is 0 Å². The van der Waals surface area contributed by atoms with Crippen molar-refractivity contribution in [3.63, 3.8) is 0 Å². The van der Waals surface area contributed by atoms with Crippen molar-refractivity contribution in [2.24, 2.45) is 0 Å². The fourth-order valence-corrected chi connectivity index (χ4v) is 3.13. The molecule has 1 aliphatic rings. The molecule has 2 N–H and O–H groups in total. The Bertz CT molecular complexity index is 959. The van der Waals surface area contributed by atoms with Gasteiger partial charge in [0.1, 0.15) is 10.3 Å². The third kappa shape index (κ3) is 2.05. The molecule has 0 atom stereocenters. The second-order valence-corrected chi connectivity index (χ2v) is 5.69. The lowest BCUT2D eigenvalue weighted by molar-refractivity contribution is 0.943. The molecule has 0 saturated heterocycles. The number of fused-ring (bicyclic) bond motifs is 2. The minimum absolute atomic E-state index is 0.471. The monoisotopic (exact) mass is 313 g/mol. The summed E-state index contributed by atoms with van der Waals surface area (Å²) in [5.74, 6) is 0.665. The first kappa shape index (κ1) is 12.6. The Hall–Kier alpha value is -2.12. The Balaban J connectivity index is 1.89. The first-order chi connectivity index (χ1) is 10.2. The standard InChI is InChI=1S/C14H11N5S2/c20-12-9-7-15-13(16-11(9)17-14(21)18-12)19-6-5-8-3-1-2-4-10(8)19/h1-4,7H,5-6H2,(H2,15,16,17,18,20,21). The molecule has 0 radical (unpaired) electrons. The number of nitrogens with one attached hydrogen (secondary N) is 2. The average molecular weight is 313 g/mol. The number of rotatable bonds is 1. The molecule has 3 aromatic rings. The summed E-state index contributed by atoms with van der Waals surface area (Å²) < 4.78 is 1.03. The third-order valence-corrected chi connectivity index (χ3v) is 4.13. The summed E-state index contributed by atoms with van der Waals surface area (Å²) in [6.45, 7) is 0.880. The molecule has 1 aliphatic heterocycles. The highest BCUT2D eigenvalue weighted by molar-refractivity contribution is 7.72. The number of benzene rings is 1. The Morgan fingerprint density at radius 2 is 2.00 bits per heavy atom. The van der Waals surface area contributed by atoms with E-state index >= 15 is 0 Å². The van der Waals surface area contributed by atoms with Crippen LogP contribution < -0.4 is 4.90 Å². The maximum Gasteiger partial charge on any atom is 0.231 e. The maximum absolute atomic E-state index is 5.25. The van der Waals surface area contributed by atoms with E-state index in [9.17, 15) is 0 Å². The summed E-state index contributed by atoms with van der Waals surface area (Å²) in [4.78, 5) is 17.1. The molecule has 5 nitrogen and oxygen atoms in total. The number of aromatic amines is 2. The first-order valence-electron chi connectivity index (χ1n) is 6.57. The van der Waals surface area contributed by atoms with Gasteiger partial charge in [0.25, 0.3) is 0 Å². The van der Waals surface area contributed by atoms with Crippen molar-refractivity contribution in [3.05, 3.63) is 45.4 Å². The van der Waals surface area contributed by atoms with E-state index in [0.717, 1.165) is 24.0 Å². The molecule has 0 aliphatic carbocycles. The highest BCUT2D eigenvalue weighted by atomic mass is 32.1. The van der Waals surface area contributed by atoms with Crippen LogP contribution in [0.25, 0.3) is 11.0 Å². The van der Waals surface area contributed by atoms with Crippen LogP contribution in [-0.4, -0.2) is 26.5 Å². The van der Waals surface area contributed by atoms with E-state index < -0.39 is 0 Å². The van der Waals surface area contributed by atoms with Crippen molar-refractivity contribution in [3.8, 4) is 0 Å². The lowest BCUT2D eigenvalue weighted by Gasteiger charge is -2.17. The number of nitrogens with zero attached hydrogens (tertiary/aromatic N) is 3. The Labute approximate surface area is 130 Å². The van der Waals surface area contributed by atoms with Crippen molar-refractivity contribution < 1.29 is 0 Å². The molecule has 0 bridgehead atoms. The third-order valence-electron chi connectivity index (χ3n) is 3.61. The van der Waals surface area contributed by atoms with Crippen molar-refractivity contribution in [1.82, 2.24) is 19.9 Å². The van der Waals surface area contributed by atoms with Gasteiger partial charge in [0, 0.05) is 18.4 Å². The van der Waals surface area contributed by atoms with Crippen LogP contribution >= 0.6 is 24.4 Å². The van der Waals surface area contributed by atoms with Crippen molar-refractivity contribution in [2.45, 2.75) is 6.42 Å². The number of anilines is 2. The van der Waals surface area contributed by atoms with Crippen LogP contribution in [-0.2, 0) is 6.42 Å². The fourth-order valence-electron chi connectivity index (χ4n) is 2.62. The molecule has 0 spiro atoms. The highest BCUT2D eigenvalue weighted by Crippen LogP contribution is 2.32. The Kier molecular flexibility index (Phi) is 2.83. The molecule has 3 heterocycles. The zero-order valence-corrected chi connectivity index (χ0v) is 12.6. The number of hydrogen-bond acceptors (Lipinski definition) is 5. The molecule has 0 amide bonds. The molecule has 2 aromatic heterocycles. The second-order valence-electron chi connectivity index (χ2n) is 4.87. The fraction of sp³-hybridized carbons (Fsp3) is 0.143. The molecule has 4 rings (SSSR count). The quantitative estimate of drug-likeness (QED) is 0.674. The van der Waals surface area contributed by atoms with Crippen LogP contribution in [0.2, 0.25) is 0 Å². The summed E-state index contributed by atoms with van der Waals surface area (Å²) in [6.07, 6.45) is 2.74. The predicted octanol–water partition coefficient (Wildman–Crippen LogP) is 3.44. The molecule has 0 saturated carbocycles. The highest BCUT2D eigenvalue weighted by Gasteiger charge is 2.22. The smallest absolute Gasteiger partial charge is 0.231 e. The van der Waals surface area contributed by atoms with Crippen LogP contribution in [0.3, 0.4) is 0 Å². The van der Waals surface area contributed by atoms with Gasteiger partial charge in [-0.1, -0.05) is 30.4 Å². The predicted molar refractivity (Wildman–Crippen MR) is 87.1 cm³/mol. The summed E-state index contributed by atoms with van der Waals surface area (Å²) in [7, 11) is 0. The van der Waals surface area contributed by atoms with Gasteiger partial charge in [0.2, 0.25) is 5.95 Å². The molecular formula is C14H11N5S2. The largest absolute Gasteiger partial charge is 0.323 e. The minimum Gasteiger partial charge on any atom is -0.323 e. The van der Waals surface area contributed by atoms with E-state index in [2.05, 4.69) is 43.0 Å². The van der Waals surface area contributed by atoms with E-state index in [4.69, 9.17) is 24.4 Å². The van der Waals surface area contributed by atoms with Gasteiger partial charge in [-0.25, -0.2) is 4.98 Å². The van der Waals surface area contributed by atoms with Gasteiger partial charge in [-0.2, -0.15) is 4.98 Å². The minimum atomic E-state index is 0.471. The molecule has 0 fully saturated rings. The molecule has 0 unspecified atom stereocenters. The zero-order chi connectivity index (χ0) is 14.4. The summed E-state index contributed by atoms with van der Waals surface area (Å²) in [5, 5.41) is 0.773. The normalized spacial score (nSPS) is 13.6. The Morgan fingerprint density at radius 3 is 2.90 bits per heavy atom. The number of H-pyrrole nitrogens is 2.